The molecule has 0 atom stereocenters. The summed E-state index contributed by atoms with van der Waals surface area (Å²) in [6, 6.07) is 9.36. The highest BCUT2D eigenvalue weighted by Gasteiger charge is 2.18. The van der Waals surface area contributed by atoms with Crippen LogP contribution in [0.15, 0.2) is 47.2 Å². The molecule has 0 aliphatic rings. The summed E-state index contributed by atoms with van der Waals surface area (Å²) in [4.78, 5) is 17.0. The Labute approximate surface area is 122 Å². The number of nitrogens with zero attached hydrogens (tertiary/aromatic N) is 2. The Hall–Kier alpha value is -2.56. The number of hydrogen-bond donors (Lipinski definition) is 1. The van der Waals surface area contributed by atoms with Crippen molar-refractivity contribution in [1.29, 1.82) is 0 Å². The van der Waals surface area contributed by atoms with E-state index in [2.05, 4.69) is 17.2 Å². The third-order valence-corrected chi connectivity index (χ3v) is 3.31. The van der Waals surface area contributed by atoms with E-state index in [1.54, 1.807) is 12.3 Å². The van der Waals surface area contributed by atoms with Gasteiger partial charge in [0.15, 0.2) is 0 Å². The highest BCUT2D eigenvalue weighted by molar-refractivity contribution is 5.94. The first-order chi connectivity index (χ1) is 10.3. The van der Waals surface area contributed by atoms with Crippen molar-refractivity contribution in [3.8, 4) is 0 Å². The molecule has 1 N–H and O–H groups in total. The van der Waals surface area contributed by atoms with Crippen LogP contribution in [0.5, 0.6) is 0 Å². The molecule has 108 valence electrons. The van der Waals surface area contributed by atoms with Gasteiger partial charge in [-0.15, -0.1) is 0 Å². The first-order valence-corrected chi connectivity index (χ1v) is 7.06. The lowest BCUT2D eigenvalue weighted by Crippen LogP contribution is -2.25. The predicted molar refractivity (Wildman–Crippen MR) is 79.1 cm³/mol. The highest BCUT2D eigenvalue weighted by atomic mass is 16.3. The van der Waals surface area contributed by atoms with Crippen molar-refractivity contribution in [2.45, 2.75) is 26.3 Å². The molecule has 3 aromatic rings. The Balaban J connectivity index is 1.90. The monoisotopic (exact) mass is 283 g/mol. The first-order valence-electron chi connectivity index (χ1n) is 7.06. The second-order valence-electron chi connectivity index (χ2n) is 4.85. The standard InChI is InChI=1S/C16H17N3O2/c1-2-6-13-15(19-9-4-3-8-14(19)18-13)16(20)17-11-12-7-5-10-21-12/h3-5,7-10H,2,6,11H2,1H3,(H,17,20). The molecule has 0 saturated heterocycles. The number of fused-ring (bicyclic) bond motifs is 1. The van der Waals surface area contributed by atoms with E-state index in [9.17, 15) is 4.79 Å². The van der Waals surface area contributed by atoms with Crippen LogP contribution in [-0.2, 0) is 13.0 Å². The molecule has 0 bridgehead atoms. The molecular weight excluding hydrogens is 266 g/mol. The van der Waals surface area contributed by atoms with Gasteiger partial charge < -0.3 is 9.73 Å². The average Bonchev–Trinajstić information content (AvgIpc) is 3.12. The number of amides is 1. The van der Waals surface area contributed by atoms with Crippen LogP contribution in [0.25, 0.3) is 5.65 Å². The summed E-state index contributed by atoms with van der Waals surface area (Å²) >= 11 is 0. The van der Waals surface area contributed by atoms with Gasteiger partial charge in [-0.1, -0.05) is 19.4 Å². The number of furan rings is 1. The summed E-state index contributed by atoms with van der Waals surface area (Å²) in [7, 11) is 0. The smallest absolute Gasteiger partial charge is 0.270 e. The van der Waals surface area contributed by atoms with Gasteiger partial charge in [-0.05, 0) is 30.7 Å². The second kappa shape index (κ2) is 5.83. The average molecular weight is 283 g/mol. The number of carbonyl (C=O) groups is 1. The number of aryl methyl sites for hydroxylation is 1. The maximum absolute atomic E-state index is 12.5. The molecule has 1 amide bonds. The summed E-state index contributed by atoms with van der Waals surface area (Å²) in [6.07, 6.45) is 5.19. The van der Waals surface area contributed by atoms with E-state index in [4.69, 9.17) is 4.42 Å². The maximum Gasteiger partial charge on any atom is 0.270 e. The first kappa shape index (κ1) is 13.4. The third kappa shape index (κ3) is 2.67. The largest absolute Gasteiger partial charge is 0.467 e. The van der Waals surface area contributed by atoms with Gasteiger partial charge in [0.25, 0.3) is 5.91 Å². The normalized spacial score (nSPS) is 10.9. The third-order valence-electron chi connectivity index (χ3n) is 3.31. The van der Waals surface area contributed by atoms with Crippen LogP contribution in [0, 0.1) is 0 Å². The molecule has 5 nitrogen and oxygen atoms in total. The number of hydrogen-bond acceptors (Lipinski definition) is 3. The van der Waals surface area contributed by atoms with Gasteiger partial charge in [0.1, 0.15) is 17.1 Å². The summed E-state index contributed by atoms with van der Waals surface area (Å²) < 4.78 is 7.07. The van der Waals surface area contributed by atoms with E-state index in [1.165, 1.54) is 0 Å². The molecule has 0 spiro atoms. The van der Waals surface area contributed by atoms with E-state index in [0.29, 0.717) is 12.2 Å². The lowest BCUT2D eigenvalue weighted by Gasteiger charge is -2.05. The van der Waals surface area contributed by atoms with Crippen molar-refractivity contribution in [3.05, 3.63) is 59.9 Å². The van der Waals surface area contributed by atoms with Crippen molar-refractivity contribution in [1.82, 2.24) is 14.7 Å². The lowest BCUT2D eigenvalue weighted by atomic mass is 10.2. The summed E-state index contributed by atoms with van der Waals surface area (Å²) in [5, 5.41) is 2.88. The molecule has 0 aliphatic heterocycles. The Morgan fingerprint density at radius 1 is 1.33 bits per heavy atom. The van der Waals surface area contributed by atoms with Gasteiger partial charge in [0.05, 0.1) is 18.5 Å². The molecule has 0 unspecified atom stereocenters. The maximum atomic E-state index is 12.5. The van der Waals surface area contributed by atoms with Crippen LogP contribution < -0.4 is 5.32 Å². The molecule has 0 radical (unpaired) electrons. The lowest BCUT2D eigenvalue weighted by molar-refractivity contribution is 0.0941. The van der Waals surface area contributed by atoms with Gasteiger partial charge in [-0.3, -0.25) is 9.20 Å². The molecule has 0 saturated carbocycles. The number of aromatic nitrogens is 2. The van der Waals surface area contributed by atoms with E-state index in [1.807, 2.05) is 34.9 Å². The van der Waals surface area contributed by atoms with E-state index in [0.717, 1.165) is 29.9 Å². The molecule has 5 heteroatoms. The minimum absolute atomic E-state index is 0.131. The zero-order chi connectivity index (χ0) is 14.7. The quantitative estimate of drug-likeness (QED) is 0.783. The Morgan fingerprint density at radius 2 is 2.24 bits per heavy atom. The SMILES string of the molecule is CCCc1nc2ccccn2c1C(=O)NCc1ccco1. The molecule has 0 aliphatic carbocycles. The Kier molecular flexibility index (Phi) is 3.73. The number of rotatable bonds is 5. The summed E-state index contributed by atoms with van der Waals surface area (Å²) in [6.45, 7) is 2.45. The number of imidazole rings is 1. The number of nitrogens with one attached hydrogen (secondary N) is 1. The van der Waals surface area contributed by atoms with Crippen LogP contribution in [0.2, 0.25) is 0 Å². The molecule has 21 heavy (non-hydrogen) atoms. The van der Waals surface area contributed by atoms with Gasteiger partial charge in [-0.2, -0.15) is 0 Å². The van der Waals surface area contributed by atoms with Crippen molar-refractivity contribution >= 4 is 11.6 Å². The van der Waals surface area contributed by atoms with E-state index in [-0.39, 0.29) is 5.91 Å². The van der Waals surface area contributed by atoms with E-state index < -0.39 is 0 Å². The minimum Gasteiger partial charge on any atom is -0.467 e. The number of pyridine rings is 1. The van der Waals surface area contributed by atoms with Crippen LogP contribution in [0.1, 0.15) is 35.3 Å². The van der Waals surface area contributed by atoms with Crippen LogP contribution in [-0.4, -0.2) is 15.3 Å². The Bertz CT molecular complexity index is 744. The van der Waals surface area contributed by atoms with E-state index >= 15 is 0 Å². The van der Waals surface area contributed by atoms with Gasteiger partial charge in [-0.25, -0.2) is 4.98 Å². The van der Waals surface area contributed by atoms with Crippen molar-refractivity contribution in [3.63, 3.8) is 0 Å². The van der Waals surface area contributed by atoms with Crippen molar-refractivity contribution in [2.75, 3.05) is 0 Å². The zero-order valence-corrected chi connectivity index (χ0v) is 11.9. The fourth-order valence-corrected chi connectivity index (χ4v) is 2.36. The van der Waals surface area contributed by atoms with Crippen molar-refractivity contribution in [2.24, 2.45) is 0 Å². The molecular formula is C16H17N3O2. The minimum atomic E-state index is -0.131. The van der Waals surface area contributed by atoms with Crippen LogP contribution >= 0.6 is 0 Å². The van der Waals surface area contributed by atoms with Crippen LogP contribution in [0.4, 0.5) is 0 Å². The molecule has 3 heterocycles. The van der Waals surface area contributed by atoms with Gasteiger partial charge in [0, 0.05) is 6.20 Å². The fourth-order valence-electron chi connectivity index (χ4n) is 2.36. The fraction of sp³-hybridized carbons (Fsp3) is 0.250. The van der Waals surface area contributed by atoms with Crippen molar-refractivity contribution < 1.29 is 9.21 Å². The molecule has 0 fully saturated rings. The highest BCUT2D eigenvalue weighted by Crippen LogP contribution is 2.14. The molecule has 3 aromatic heterocycles. The van der Waals surface area contributed by atoms with Gasteiger partial charge >= 0.3 is 0 Å². The zero-order valence-electron chi connectivity index (χ0n) is 11.9. The predicted octanol–water partition coefficient (Wildman–Crippen LogP) is 2.81. The molecule has 0 aromatic carbocycles. The second-order valence-corrected chi connectivity index (χ2v) is 4.85. The van der Waals surface area contributed by atoms with Crippen LogP contribution in [0.3, 0.4) is 0 Å². The summed E-state index contributed by atoms with van der Waals surface area (Å²) in [5.74, 6) is 0.600. The molecule has 3 rings (SSSR count). The Morgan fingerprint density at radius 3 is 3.00 bits per heavy atom. The van der Waals surface area contributed by atoms with Gasteiger partial charge in [0.2, 0.25) is 0 Å². The summed E-state index contributed by atoms with van der Waals surface area (Å²) in [5.41, 5.74) is 2.24. The topological polar surface area (TPSA) is 59.5 Å². The number of carbonyl (C=O) groups excluding carboxylic acids is 1.